The second-order valence-electron chi connectivity index (χ2n) is 6.24. The number of likely N-dealkylation sites (N-methyl/N-ethyl adjacent to an activating group) is 1. The van der Waals surface area contributed by atoms with Crippen molar-refractivity contribution in [3.63, 3.8) is 0 Å². The highest BCUT2D eigenvalue weighted by molar-refractivity contribution is 6.35. The fourth-order valence-corrected chi connectivity index (χ4v) is 3.39. The van der Waals surface area contributed by atoms with Gasteiger partial charge in [0.05, 0.1) is 6.42 Å². The SMILES string of the molecule is CCNC(=O)[C@@H](CC)N(Cc1ccc(Cl)cc1Cl)C(=O)Cc1ccccc1. The van der Waals surface area contributed by atoms with Gasteiger partial charge in [-0.2, -0.15) is 0 Å². The zero-order valence-electron chi connectivity index (χ0n) is 15.5. The highest BCUT2D eigenvalue weighted by Crippen LogP contribution is 2.24. The van der Waals surface area contributed by atoms with Gasteiger partial charge in [-0.3, -0.25) is 9.59 Å². The Bertz CT molecular complexity index is 781. The smallest absolute Gasteiger partial charge is 0.242 e. The fraction of sp³-hybridized carbons (Fsp3) is 0.333. The van der Waals surface area contributed by atoms with E-state index in [1.165, 1.54) is 0 Å². The molecule has 1 N–H and O–H groups in total. The van der Waals surface area contributed by atoms with E-state index < -0.39 is 6.04 Å². The molecule has 4 nitrogen and oxygen atoms in total. The van der Waals surface area contributed by atoms with E-state index in [4.69, 9.17) is 23.2 Å². The normalized spacial score (nSPS) is 11.7. The summed E-state index contributed by atoms with van der Waals surface area (Å²) in [5.41, 5.74) is 1.66. The summed E-state index contributed by atoms with van der Waals surface area (Å²) in [6.07, 6.45) is 0.736. The Labute approximate surface area is 170 Å². The Hall–Kier alpha value is -2.04. The standard InChI is InChI=1S/C21H24Cl2N2O2/c1-3-19(21(27)24-4-2)25(14-16-10-11-17(22)13-18(16)23)20(26)12-15-8-6-5-7-9-15/h5-11,13,19H,3-4,12,14H2,1-2H3,(H,24,27)/t19-/m1/s1. The summed E-state index contributed by atoms with van der Waals surface area (Å²) in [6, 6.07) is 14.1. The molecule has 144 valence electrons. The maximum atomic E-state index is 13.1. The van der Waals surface area contributed by atoms with Gasteiger partial charge in [-0.05, 0) is 36.6 Å². The van der Waals surface area contributed by atoms with Crippen LogP contribution in [0.15, 0.2) is 48.5 Å². The number of nitrogens with zero attached hydrogens (tertiary/aromatic N) is 1. The van der Waals surface area contributed by atoms with Gasteiger partial charge in [0, 0.05) is 23.1 Å². The van der Waals surface area contributed by atoms with E-state index >= 15 is 0 Å². The molecule has 0 aliphatic carbocycles. The summed E-state index contributed by atoms with van der Waals surface area (Å²) >= 11 is 12.3. The van der Waals surface area contributed by atoms with Crippen LogP contribution in [-0.2, 0) is 22.6 Å². The van der Waals surface area contributed by atoms with Crippen molar-refractivity contribution in [1.82, 2.24) is 10.2 Å². The minimum atomic E-state index is -0.562. The summed E-state index contributed by atoms with van der Waals surface area (Å²) in [7, 11) is 0. The lowest BCUT2D eigenvalue weighted by atomic mass is 10.1. The molecule has 6 heteroatoms. The summed E-state index contributed by atoms with van der Waals surface area (Å²) in [4.78, 5) is 27.2. The average Bonchev–Trinajstić information content (AvgIpc) is 2.64. The Kier molecular flexibility index (Phi) is 8.14. The molecule has 0 heterocycles. The third-order valence-electron chi connectivity index (χ3n) is 4.29. The molecule has 2 aromatic carbocycles. The van der Waals surface area contributed by atoms with Gasteiger partial charge in [-0.25, -0.2) is 0 Å². The van der Waals surface area contributed by atoms with Gasteiger partial charge < -0.3 is 10.2 Å². The number of hydrogen-bond acceptors (Lipinski definition) is 2. The van der Waals surface area contributed by atoms with Crippen molar-refractivity contribution in [1.29, 1.82) is 0 Å². The van der Waals surface area contributed by atoms with Gasteiger partial charge in [0.1, 0.15) is 6.04 Å². The van der Waals surface area contributed by atoms with Crippen molar-refractivity contribution in [3.8, 4) is 0 Å². The summed E-state index contributed by atoms with van der Waals surface area (Å²) in [6.45, 7) is 4.51. The minimum Gasteiger partial charge on any atom is -0.355 e. The highest BCUT2D eigenvalue weighted by atomic mass is 35.5. The third kappa shape index (κ3) is 5.98. The molecule has 2 amide bonds. The van der Waals surface area contributed by atoms with Crippen molar-refractivity contribution < 1.29 is 9.59 Å². The Morgan fingerprint density at radius 3 is 2.37 bits per heavy atom. The van der Waals surface area contributed by atoms with Crippen LogP contribution in [0.5, 0.6) is 0 Å². The zero-order chi connectivity index (χ0) is 19.8. The first-order valence-electron chi connectivity index (χ1n) is 9.01. The zero-order valence-corrected chi connectivity index (χ0v) is 17.1. The number of carbonyl (C=O) groups is 2. The van der Waals surface area contributed by atoms with E-state index in [2.05, 4.69) is 5.32 Å². The van der Waals surface area contributed by atoms with Gasteiger partial charge in [0.2, 0.25) is 11.8 Å². The number of rotatable bonds is 8. The lowest BCUT2D eigenvalue weighted by molar-refractivity contribution is -0.140. The fourth-order valence-electron chi connectivity index (χ4n) is 2.92. The number of benzene rings is 2. The lowest BCUT2D eigenvalue weighted by Crippen LogP contribution is -2.49. The molecular weight excluding hydrogens is 383 g/mol. The molecule has 0 fully saturated rings. The maximum Gasteiger partial charge on any atom is 0.242 e. The molecule has 0 aliphatic heterocycles. The number of amides is 2. The average molecular weight is 407 g/mol. The van der Waals surface area contributed by atoms with Crippen molar-refractivity contribution in [2.45, 2.75) is 39.3 Å². The summed E-state index contributed by atoms with van der Waals surface area (Å²) in [5.74, 6) is -0.281. The number of halogens is 2. The first-order chi connectivity index (χ1) is 13.0. The molecule has 0 spiro atoms. The molecule has 27 heavy (non-hydrogen) atoms. The van der Waals surface area contributed by atoms with Crippen LogP contribution >= 0.6 is 23.2 Å². The Morgan fingerprint density at radius 1 is 1.07 bits per heavy atom. The summed E-state index contributed by atoms with van der Waals surface area (Å²) < 4.78 is 0. The largest absolute Gasteiger partial charge is 0.355 e. The monoisotopic (exact) mass is 406 g/mol. The molecular formula is C21H24Cl2N2O2. The number of hydrogen-bond donors (Lipinski definition) is 1. The van der Waals surface area contributed by atoms with Gasteiger partial charge in [0.15, 0.2) is 0 Å². The van der Waals surface area contributed by atoms with E-state index in [0.29, 0.717) is 23.0 Å². The predicted molar refractivity (Wildman–Crippen MR) is 110 cm³/mol. The minimum absolute atomic E-state index is 0.120. The van der Waals surface area contributed by atoms with Crippen molar-refractivity contribution in [3.05, 3.63) is 69.7 Å². The van der Waals surface area contributed by atoms with E-state index in [1.54, 1.807) is 23.1 Å². The molecule has 0 saturated carbocycles. The predicted octanol–water partition coefficient (Wildman–Crippen LogP) is 4.48. The molecule has 0 saturated heterocycles. The quantitative estimate of drug-likeness (QED) is 0.702. The van der Waals surface area contributed by atoms with Gasteiger partial charge in [0.25, 0.3) is 0 Å². The van der Waals surface area contributed by atoms with Crippen LogP contribution in [0.25, 0.3) is 0 Å². The van der Waals surface area contributed by atoms with Crippen molar-refractivity contribution in [2.75, 3.05) is 6.54 Å². The molecule has 0 aromatic heterocycles. The molecule has 0 aliphatic rings. The van der Waals surface area contributed by atoms with Crippen LogP contribution in [0.1, 0.15) is 31.4 Å². The Balaban J connectivity index is 2.31. The van der Waals surface area contributed by atoms with Crippen molar-refractivity contribution >= 4 is 35.0 Å². The molecule has 0 unspecified atom stereocenters. The van der Waals surface area contributed by atoms with Gasteiger partial charge in [-0.1, -0.05) is 66.5 Å². The highest BCUT2D eigenvalue weighted by Gasteiger charge is 2.28. The van der Waals surface area contributed by atoms with Crippen LogP contribution in [-0.4, -0.2) is 29.3 Å². The van der Waals surface area contributed by atoms with Crippen LogP contribution in [0.4, 0.5) is 0 Å². The topological polar surface area (TPSA) is 49.4 Å². The molecule has 0 radical (unpaired) electrons. The maximum absolute atomic E-state index is 13.1. The summed E-state index contributed by atoms with van der Waals surface area (Å²) in [5, 5.41) is 3.83. The van der Waals surface area contributed by atoms with Crippen LogP contribution in [0, 0.1) is 0 Å². The van der Waals surface area contributed by atoms with Crippen LogP contribution in [0.3, 0.4) is 0 Å². The van der Waals surface area contributed by atoms with Crippen LogP contribution in [0.2, 0.25) is 10.0 Å². The van der Waals surface area contributed by atoms with E-state index in [-0.39, 0.29) is 24.8 Å². The second kappa shape index (κ2) is 10.3. The third-order valence-corrected chi connectivity index (χ3v) is 4.88. The number of carbonyl (C=O) groups excluding carboxylic acids is 2. The molecule has 2 aromatic rings. The first kappa shape index (κ1) is 21.3. The van der Waals surface area contributed by atoms with Crippen LogP contribution < -0.4 is 5.32 Å². The molecule has 1 atom stereocenters. The van der Waals surface area contributed by atoms with E-state index in [0.717, 1.165) is 11.1 Å². The first-order valence-corrected chi connectivity index (χ1v) is 9.76. The lowest BCUT2D eigenvalue weighted by Gasteiger charge is -2.31. The molecule has 0 bridgehead atoms. The van der Waals surface area contributed by atoms with Crippen molar-refractivity contribution in [2.24, 2.45) is 0 Å². The number of nitrogens with one attached hydrogen (secondary N) is 1. The van der Waals surface area contributed by atoms with Gasteiger partial charge >= 0.3 is 0 Å². The Morgan fingerprint density at radius 2 is 1.78 bits per heavy atom. The molecule has 2 rings (SSSR count). The second-order valence-corrected chi connectivity index (χ2v) is 7.08. The van der Waals surface area contributed by atoms with Gasteiger partial charge in [-0.15, -0.1) is 0 Å². The van der Waals surface area contributed by atoms with E-state index in [1.807, 2.05) is 44.2 Å². The van der Waals surface area contributed by atoms with E-state index in [9.17, 15) is 9.59 Å².